The molecule has 1 N–H and O–H groups in total. The van der Waals surface area contributed by atoms with Crippen molar-refractivity contribution in [3.05, 3.63) is 29.0 Å². The van der Waals surface area contributed by atoms with Gasteiger partial charge in [0, 0.05) is 12.2 Å². The largest absolute Gasteiger partial charge is 0.452 e. The van der Waals surface area contributed by atoms with Crippen molar-refractivity contribution in [2.24, 2.45) is 23.2 Å². The van der Waals surface area contributed by atoms with E-state index in [-0.39, 0.29) is 34.7 Å². The molecule has 1 aromatic heterocycles. The zero-order valence-corrected chi connectivity index (χ0v) is 15.8. The topological polar surface area (TPSA) is 68.3 Å². The highest BCUT2D eigenvalue weighted by atomic mass is 35.5. The molecule has 1 aromatic rings. The van der Waals surface area contributed by atoms with Crippen molar-refractivity contribution in [3.8, 4) is 0 Å². The lowest BCUT2D eigenvalue weighted by molar-refractivity contribution is -0.128. The average molecular weight is 377 g/mol. The van der Waals surface area contributed by atoms with E-state index in [9.17, 15) is 9.59 Å². The zero-order chi connectivity index (χ0) is 18.3. The first-order chi connectivity index (χ1) is 12.4. The van der Waals surface area contributed by atoms with Crippen molar-refractivity contribution in [2.45, 2.75) is 51.5 Å². The van der Waals surface area contributed by atoms with Gasteiger partial charge in [0.15, 0.2) is 6.61 Å². The summed E-state index contributed by atoms with van der Waals surface area (Å²) in [5.41, 5.74) is 0.414. The van der Waals surface area contributed by atoms with Crippen LogP contribution >= 0.6 is 11.6 Å². The minimum Gasteiger partial charge on any atom is -0.452 e. The highest BCUT2D eigenvalue weighted by Crippen LogP contribution is 2.61. The zero-order valence-electron chi connectivity index (χ0n) is 15.0. The summed E-state index contributed by atoms with van der Waals surface area (Å²) >= 11 is 5.88. The maximum absolute atomic E-state index is 12.3. The molecule has 6 heteroatoms. The third kappa shape index (κ3) is 3.34. The van der Waals surface area contributed by atoms with Crippen molar-refractivity contribution in [2.75, 3.05) is 6.61 Å². The first kappa shape index (κ1) is 17.8. The Hall–Kier alpha value is -1.62. The number of amides is 1. The molecule has 1 atom stereocenters. The van der Waals surface area contributed by atoms with Gasteiger partial charge in [0.25, 0.3) is 5.91 Å². The van der Waals surface area contributed by atoms with Gasteiger partial charge in [-0.2, -0.15) is 0 Å². The molecule has 0 aliphatic heterocycles. The van der Waals surface area contributed by atoms with Crippen LogP contribution in [0.15, 0.2) is 18.3 Å². The highest BCUT2D eigenvalue weighted by molar-refractivity contribution is 6.32. The van der Waals surface area contributed by atoms with E-state index < -0.39 is 5.97 Å². The van der Waals surface area contributed by atoms with Crippen LogP contribution < -0.4 is 5.32 Å². The quantitative estimate of drug-likeness (QED) is 0.629. The lowest BCUT2D eigenvalue weighted by atomic mass is 9.48. The Balaban J connectivity index is 1.32. The molecule has 1 amide bonds. The molecule has 0 aromatic carbocycles. The molecule has 26 heavy (non-hydrogen) atoms. The lowest BCUT2D eigenvalue weighted by Gasteiger charge is -2.59. The molecular formula is C20H25ClN2O3. The van der Waals surface area contributed by atoms with Crippen LogP contribution in [0.2, 0.25) is 5.15 Å². The van der Waals surface area contributed by atoms with Gasteiger partial charge in [0.1, 0.15) is 5.15 Å². The molecular weight excluding hydrogens is 352 g/mol. The van der Waals surface area contributed by atoms with E-state index in [0.29, 0.717) is 0 Å². The van der Waals surface area contributed by atoms with Crippen LogP contribution in [0, 0.1) is 23.2 Å². The number of carbonyl (C=O) groups is 2. The number of esters is 1. The van der Waals surface area contributed by atoms with E-state index in [2.05, 4.69) is 17.2 Å². The molecule has 4 saturated carbocycles. The van der Waals surface area contributed by atoms with E-state index in [1.54, 1.807) is 6.07 Å². The molecule has 0 spiro atoms. The van der Waals surface area contributed by atoms with Gasteiger partial charge in [-0.15, -0.1) is 0 Å². The van der Waals surface area contributed by atoms with Crippen molar-refractivity contribution >= 4 is 23.5 Å². The van der Waals surface area contributed by atoms with Crippen LogP contribution in [0.3, 0.4) is 0 Å². The van der Waals surface area contributed by atoms with Crippen LogP contribution in [0.1, 0.15) is 55.8 Å². The van der Waals surface area contributed by atoms with Crippen LogP contribution in [0.25, 0.3) is 0 Å². The SMILES string of the molecule is C[C@H](NC(=O)COC(=O)c1cccnc1Cl)C12CC3CC(CC(C3)C1)C2. The average Bonchev–Trinajstić information content (AvgIpc) is 2.59. The van der Waals surface area contributed by atoms with E-state index in [1.807, 2.05) is 0 Å². The minimum atomic E-state index is -0.624. The number of halogens is 1. The maximum atomic E-state index is 12.3. The van der Waals surface area contributed by atoms with Gasteiger partial charge in [-0.25, -0.2) is 9.78 Å². The van der Waals surface area contributed by atoms with E-state index in [4.69, 9.17) is 16.3 Å². The Kier molecular flexibility index (Phi) is 4.68. The fourth-order valence-corrected chi connectivity index (χ4v) is 6.09. The molecule has 5 nitrogen and oxygen atoms in total. The fourth-order valence-electron chi connectivity index (χ4n) is 5.89. The number of ether oxygens (including phenoxy) is 1. The monoisotopic (exact) mass is 376 g/mol. The van der Waals surface area contributed by atoms with Gasteiger partial charge >= 0.3 is 5.97 Å². The number of carbonyl (C=O) groups excluding carboxylic acids is 2. The molecule has 4 fully saturated rings. The van der Waals surface area contributed by atoms with Crippen molar-refractivity contribution in [3.63, 3.8) is 0 Å². The Morgan fingerprint density at radius 1 is 1.27 bits per heavy atom. The Labute approximate surface area is 158 Å². The van der Waals surface area contributed by atoms with E-state index in [0.717, 1.165) is 17.8 Å². The third-order valence-electron chi connectivity index (χ3n) is 6.70. The van der Waals surface area contributed by atoms with Crippen molar-refractivity contribution in [1.29, 1.82) is 0 Å². The van der Waals surface area contributed by atoms with Crippen LogP contribution in [0.4, 0.5) is 0 Å². The van der Waals surface area contributed by atoms with Gasteiger partial charge < -0.3 is 10.1 Å². The molecule has 4 aliphatic rings. The summed E-state index contributed by atoms with van der Waals surface area (Å²) in [5.74, 6) is 1.64. The Morgan fingerprint density at radius 3 is 2.46 bits per heavy atom. The maximum Gasteiger partial charge on any atom is 0.341 e. The molecule has 4 aliphatic carbocycles. The number of aromatic nitrogens is 1. The van der Waals surface area contributed by atoms with Crippen LogP contribution in [0.5, 0.6) is 0 Å². The number of rotatable bonds is 5. The van der Waals surface area contributed by atoms with Gasteiger partial charge in [-0.1, -0.05) is 11.6 Å². The van der Waals surface area contributed by atoms with Crippen LogP contribution in [-0.2, 0) is 9.53 Å². The Bertz CT molecular complexity index is 685. The predicted molar refractivity (Wildman–Crippen MR) is 97.7 cm³/mol. The molecule has 1 heterocycles. The molecule has 4 bridgehead atoms. The number of nitrogens with zero attached hydrogens (tertiary/aromatic N) is 1. The summed E-state index contributed by atoms with van der Waals surface area (Å²) in [4.78, 5) is 28.2. The van der Waals surface area contributed by atoms with Gasteiger partial charge in [0.05, 0.1) is 5.56 Å². The van der Waals surface area contributed by atoms with Crippen molar-refractivity contribution in [1.82, 2.24) is 10.3 Å². The Morgan fingerprint density at radius 2 is 1.88 bits per heavy atom. The summed E-state index contributed by atoms with van der Waals surface area (Å²) in [6.45, 7) is 1.83. The fraction of sp³-hybridized carbons (Fsp3) is 0.650. The van der Waals surface area contributed by atoms with E-state index >= 15 is 0 Å². The molecule has 0 saturated heterocycles. The van der Waals surface area contributed by atoms with Crippen LogP contribution in [-0.4, -0.2) is 29.5 Å². The second-order valence-corrected chi connectivity index (χ2v) is 8.85. The number of pyridine rings is 1. The first-order valence-electron chi connectivity index (χ1n) is 9.52. The van der Waals surface area contributed by atoms with Crippen molar-refractivity contribution < 1.29 is 14.3 Å². The summed E-state index contributed by atoms with van der Waals surface area (Å²) in [7, 11) is 0. The number of hydrogen-bond donors (Lipinski definition) is 1. The third-order valence-corrected chi connectivity index (χ3v) is 7.00. The minimum absolute atomic E-state index is 0.0832. The smallest absolute Gasteiger partial charge is 0.341 e. The van der Waals surface area contributed by atoms with Gasteiger partial charge in [-0.3, -0.25) is 4.79 Å². The van der Waals surface area contributed by atoms with E-state index in [1.165, 1.54) is 50.8 Å². The second kappa shape index (κ2) is 6.84. The number of hydrogen-bond acceptors (Lipinski definition) is 4. The molecule has 0 unspecified atom stereocenters. The van der Waals surface area contributed by atoms with Gasteiger partial charge in [0.2, 0.25) is 0 Å². The number of nitrogens with one attached hydrogen (secondary N) is 1. The second-order valence-electron chi connectivity index (χ2n) is 8.49. The summed E-state index contributed by atoms with van der Waals surface area (Å²) < 4.78 is 5.12. The summed E-state index contributed by atoms with van der Waals surface area (Å²) in [6, 6.07) is 3.26. The standard InChI is InChI=1S/C20H25ClN2O3/c1-12(20-8-13-5-14(9-20)7-15(6-13)10-20)23-17(24)11-26-19(25)16-3-2-4-22-18(16)21/h2-4,12-15H,5-11H2,1H3,(H,23,24)/t12-,13?,14?,15?,20?/m0/s1. The summed E-state index contributed by atoms with van der Waals surface area (Å²) in [5, 5.41) is 3.18. The van der Waals surface area contributed by atoms with Gasteiger partial charge in [-0.05, 0) is 80.8 Å². The lowest BCUT2D eigenvalue weighted by Crippen LogP contribution is -2.56. The normalized spacial score (nSPS) is 32.9. The summed E-state index contributed by atoms with van der Waals surface area (Å²) in [6.07, 6.45) is 9.32. The highest BCUT2D eigenvalue weighted by Gasteiger charge is 2.53. The predicted octanol–water partition coefficient (Wildman–Crippen LogP) is 3.61. The molecule has 5 rings (SSSR count). The first-order valence-corrected chi connectivity index (χ1v) is 9.90. The molecule has 0 radical (unpaired) electrons. The molecule has 140 valence electrons.